The van der Waals surface area contributed by atoms with E-state index in [-0.39, 0.29) is 17.6 Å². The molecule has 0 atom stereocenters. The van der Waals surface area contributed by atoms with Gasteiger partial charge >= 0.3 is 0 Å². The van der Waals surface area contributed by atoms with Crippen LogP contribution in [0.25, 0.3) is 11.3 Å². The number of nitrogens with one attached hydrogen (secondary N) is 1. The number of aromatic nitrogens is 1. The van der Waals surface area contributed by atoms with E-state index in [1.807, 2.05) is 26.0 Å². The number of carbonyl (C=O) groups is 2. The zero-order valence-corrected chi connectivity index (χ0v) is 20.4. The minimum absolute atomic E-state index is 0.0248. The van der Waals surface area contributed by atoms with Gasteiger partial charge in [-0.1, -0.05) is 13.0 Å². The Hall–Kier alpha value is -3.74. The summed E-state index contributed by atoms with van der Waals surface area (Å²) >= 11 is 0. The second kappa shape index (κ2) is 10.7. The first kappa shape index (κ1) is 24.4. The van der Waals surface area contributed by atoms with Gasteiger partial charge in [0.05, 0.1) is 6.61 Å². The molecule has 1 N–H and O–H groups in total. The summed E-state index contributed by atoms with van der Waals surface area (Å²) in [5.41, 5.74) is 5.58. The second-order valence-corrected chi connectivity index (χ2v) is 8.77. The van der Waals surface area contributed by atoms with Crippen molar-refractivity contribution >= 4 is 17.5 Å². The maximum Gasteiger partial charge on any atom is 0.251 e. The van der Waals surface area contributed by atoms with E-state index >= 15 is 0 Å². The molecule has 0 bridgehead atoms. The van der Waals surface area contributed by atoms with Crippen molar-refractivity contribution in [1.82, 2.24) is 10.3 Å². The van der Waals surface area contributed by atoms with Crippen molar-refractivity contribution in [2.75, 3.05) is 25.1 Å². The predicted molar refractivity (Wildman–Crippen MR) is 134 cm³/mol. The molecule has 0 unspecified atom stereocenters. The maximum absolute atomic E-state index is 13.4. The highest BCUT2D eigenvalue weighted by Gasteiger charge is 2.21. The van der Waals surface area contributed by atoms with E-state index in [0.29, 0.717) is 37.3 Å². The van der Waals surface area contributed by atoms with Crippen LogP contribution in [0.1, 0.15) is 46.9 Å². The molecule has 1 aliphatic rings. The average molecular weight is 476 g/mol. The van der Waals surface area contributed by atoms with Crippen LogP contribution < -0.4 is 15.0 Å². The van der Waals surface area contributed by atoms with Crippen LogP contribution in [-0.2, 0) is 17.6 Å². The monoisotopic (exact) mass is 475 g/mol. The molecule has 1 aromatic heterocycles. The van der Waals surface area contributed by atoms with E-state index < -0.39 is 0 Å². The van der Waals surface area contributed by atoms with Crippen molar-refractivity contribution in [2.45, 2.75) is 39.5 Å². The lowest BCUT2D eigenvalue weighted by molar-refractivity contribution is -0.118. The molecule has 0 saturated carbocycles. The van der Waals surface area contributed by atoms with E-state index in [4.69, 9.17) is 9.72 Å². The highest BCUT2D eigenvalue weighted by molar-refractivity contribution is 5.98. The number of rotatable bonds is 8. The van der Waals surface area contributed by atoms with Crippen molar-refractivity contribution in [2.24, 2.45) is 0 Å². The minimum atomic E-state index is -0.301. The van der Waals surface area contributed by atoms with E-state index in [1.165, 1.54) is 12.1 Å². The summed E-state index contributed by atoms with van der Waals surface area (Å²) in [5, 5.41) is 2.96. The van der Waals surface area contributed by atoms with Crippen LogP contribution in [-0.4, -0.2) is 37.0 Å². The van der Waals surface area contributed by atoms with E-state index in [9.17, 15) is 14.0 Å². The quantitative estimate of drug-likeness (QED) is 0.505. The number of carbonyl (C=O) groups excluding carboxylic acids is 2. The molecule has 6 nitrogen and oxygen atoms in total. The lowest BCUT2D eigenvalue weighted by Crippen LogP contribution is -2.28. The summed E-state index contributed by atoms with van der Waals surface area (Å²) in [5.74, 6) is 0.270. The highest BCUT2D eigenvalue weighted by atomic mass is 19.1. The van der Waals surface area contributed by atoms with Gasteiger partial charge in [0.15, 0.2) is 0 Å². The van der Waals surface area contributed by atoms with Crippen molar-refractivity contribution in [3.63, 3.8) is 0 Å². The molecule has 182 valence electrons. The number of amides is 2. The number of aryl methyl sites for hydroxylation is 1. The van der Waals surface area contributed by atoms with Gasteiger partial charge in [-0.3, -0.25) is 9.59 Å². The van der Waals surface area contributed by atoms with E-state index in [2.05, 4.69) is 5.32 Å². The van der Waals surface area contributed by atoms with Gasteiger partial charge in [-0.25, -0.2) is 9.37 Å². The Balaban J connectivity index is 1.45. The number of fused-ring (bicyclic) bond motifs is 1. The van der Waals surface area contributed by atoms with Crippen molar-refractivity contribution in [3.8, 4) is 17.0 Å². The molecule has 2 aromatic carbocycles. The van der Waals surface area contributed by atoms with Crippen LogP contribution in [0, 0.1) is 12.7 Å². The normalized spacial score (nSPS) is 12.1. The summed E-state index contributed by atoms with van der Waals surface area (Å²) < 4.78 is 19.2. The number of pyridine rings is 1. The molecule has 2 amide bonds. The van der Waals surface area contributed by atoms with Crippen LogP contribution >= 0.6 is 0 Å². The third-order valence-electron chi connectivity index (χ3n) is 6.18. The molecule has 1 aliphatic heterocycles. The molecule has 0 saturated heterocycles. The number of benzene rings is 2. The number of nitrogens with zero attached hydrogens (tertiary/aromatic N) is 2. The Bertz CT molecular complexity index is 1240. The lowest BCUT2D eigenvalue weighted by atomic mass is 10.0. The zero-order chi connectivity index (χ0) is 24.9. The smallest absolute Gasteiger partial charge is 0.251 e. The second-order valence-electron chi connectivity index (χ2n) is 8.77. The fraction of sp³-hybridized carbons (Fsp3) is 0.321. The van der Waals surface area contributed by atoms with Crippen molar-refractivity contribution < 1.29 is 18.7 Å². The predicted octanol–water partition coefficient (Wildman–Crippen LogP) is 4.87. The summed E-state index contributed by atoms with van der Waals surface area (Å²) in [6.45, 7) is 4.89. The average Bonchev–Trinajstić information content (AvgIpc) is 3.33. The third-order valence-corrected chi connectivity index (χ3v) is 6.18. The SMILES string of the molecule is CCCC(=O)N(C)c1cc(C(=O)NCCc2cc3c(c(-c4ccc(F)cc4)n2)OCC3)ccc1C. The van der Waals surface area contributed by atoms with Gasteiger partial charge in [-0.2, -0.15) is 0 Å². The Morgan fingerprint density at radius 1 is 1.14 bits per heavy atom. The Morgan fingerprint density at radius 2 is 1.91 bits per heavy atom. The van der Waals surface area contributed by atoms with Gasteiger partial charge in [-0.15, -0.1) is 0 Å². The summed E-state index contributed by atoms with van der Waals surface area (Å²) in [6, 6.07) is 13.6. The Kier molecular flexibility index (Phi) is 7.44. The van der Waals surface area contributed by atoms with Crippen molar-refractivity contribution in [1.29, 1.82) is 0 Å². The number of anilines is 1. The van der Waals surface area contributed by atoms with Crippen LogP contribution in [0.4, 0.5) is 10.1 Å². The first-order chi connectivity index (χ1) is 16.9. The zero-order valence-electron chi connectivity index (χ0n) is 20.4. The van der Waals surface area contributed by atoms with Crippen LogP contribution in [0.15, 0.2) is 48.5 Å². The molecule has 2 heterocycles. The fourth-order valence-corrected chi connectivity index (χ4v) is 4.22. The lowest BCUT2D eigenvalue weighted by Gasteiger charge is -2.20. The molecule has 0 fully saturated rings. The molecule has 3 aromatic rings. The number of hydrogen-bond donors (Lipinski definition) is 1. The standard InChI is InChI=1S/C28H30FN3O3/c1-4-5-25(33)32(3)24-17-21(7-6-18(24)2)28(34)30-14-12-23-16-20-13-15-35-27(20)26(31-23)19-8-10-22(29)11-9-19/h6-11,16-17H,4-5,12-15H2,1-3H3,(H,30,34). The van der Waals surface area contributed by atoms with E-state index in [1.54, 1.807) is 36.2 Å². The molecule has 0 spiro atoms. The maximum atomic E-state index is 13.4. The third kappa shape index (κ3) is 5.50. The minimum Gasteiger partial charge on any atom is -0.491 e. The molecule has 0 aliphatic carbocycles. The van der Waals surface area contributed by atoms with Gasteiger partial charge in [-0.05, 0) is 61.4 Å². The molecular weight excluding hydrogens is 445 g/mol. The molecule has 7 heteroatoms. The molecule has 35 heavy (non-hydrogen) atoms. The fourth-order valence-electron chi connectivity index (χ4n) is 4.22. The first-order valence-electron chi connectivity index (χ1n) is 11.9. The van der Waals surface area contributed by atoms with Crippen molar-refractivity contribution in [3.05, 3.63) is 76.7 Å². The van der Waals surface area contributed by atoms with Gasteiger partial charge in [0, 0.05) is 60.9 Å². The topological polar surface area (TPSA) is 71.5 Å². The Morgan fingerprint density at radius 3 is 2.66 bits per heavy atom. The molecular formula is C28H30FN3O3. The summed E-state index contributed by atoms with van der Waals surface area (Å²) in [4.78, 5) is 31.5. The summed E-state index contributed by atoms with van der Waals surface area (Å²) in [6.07, 6.45) is 2.57. The first-order valence-corrected chi connectivity index (χ1v) is 11.9. The molecule has 0 radical (unpaired) electrons. The number of ether oxygens (including phenoxy) is 1. The Labute approximate surface area is 205 Å². The van der Waals surface area contributed by atoms with Gasteiger partial charge in [0.1, 0.15) is 17.3 Å². The van der Waals surface area contributed by atoms with Crippen LogP contribution in [0.3, 0.4) is 0 Å². The van der Waals surface area contributed by atoms with Gasteiger partial charge in [0.2, 0.25) is 5.91 Å². The summed E-state index contributed by atoms with van der Waals surface area (Å²) in [7, 11) is 1.74. The van der Waals surface area contributed by atoms with Gasteiger partial charge < -0.3 is 15.0 Å². The largest absolute Gasteiger partial charge is 0.491 e. The number of halogens is 1. The van der Waals surface area contributed by atoms with Crippen LogP contribution in [0.2, 0.25) is 0 Å². The van der Waals surface area contributed by atoms with Crippen LogP contribution in [0.5, 0.6) is 5.75 Å². The molecule has 4 rings (SSSR count). The number of hydrogen-bond acceptors (Lipinski definition) is 4. The van der Waals surface area contributed by atoms with Gasteiger partial charge in [0.25, 0.3) is 5.91 Å². The highest BCUT2D eigenvalue weighted by Crippen LogP contribution is 2.36. The van der Waals surface area contributed by atoms with E-state index in [0.717, 1.165) is 46.7 Å².